The zero-order chi connectivity index (χ0) is 14.5. The first-order valence-corrected chi connectivity index (χ1v) is 7.77. The van der Waals surface area contributed by atoms with Gasteiger partial charge in [0.25, 0.3) is 0 Å². The van der Waals surface area contributed by atoms with E-state index in [1.54, 1.807) is 0 Å². The third-order valence-electron chi connectivity index (χ3n) is 3.86. The van der Waals surface area contributed by atoms with Crippen LogP contribution in [0.2, 0.25) is 0 Å². The molecule has 110 valence electrons. The van der Waals surface area contributed by atoms with Crippen LogP contribution in [0.1, 0.15) is 19.8 Å². The lowest BCUT2D eigenvalue weighted by molar-refractivity contribution is -0.124. The largest absolute Gasteiger partial charge is 0.492 e. The molecule has 1 aliphatic rings. The highest BCUT2D eigenvalue weighted by atomic mass is 79.9. The van der Waals surface area contributed by atoms with Crippen molar-refractivity contribution in [2.24, 2.45) is 11.7 Å². The van der Waals surface area contributed by atoms with Crippen molar-refractivity contribution >= 4 is 21.8 Å². The normalized spacial score (nSPS) is 23.5. The Morgan fingerprint density at radius 1 is 1.50 bits per heavy atom. The number of hydrogen-bond donors (Lipinski definition) is 1. The van der Waals surface area contributed by atoms with E-state index >= 15 is 0 Å². The number of amides is 1. The molecule has 0 spiro atoms. The summed E-state index contributed by atoms with van der Waals surface area (Å²) in [5.74, 6) is 0.655. The second-order valence-corrected chi connectivity index (χ2v) is 6.24. The van der Waals surface area contributed by atoms with Gasteiger partial charge < -0.3 is 10.5 Å². The summed E-state index contributed by atoms with van der Waals surface area (Å²) in [5.41, 5.74) is 5.41. The molecule has 1 saturated heterocycles. The van der Waals surface area contributed by atoms with Crippen molar-refractivity contribution in [3.63, 3.8) is 0 Å². The van der Waals surface area contributed by atoms with Crippen molar-refractivity contribution in [2.75, 3.05) is 19.7 Å². The van der Waals surface area contributed by atoms with Gasteiger partial charge >= 0.3 is 0 Å². The molecule has 0 aromatic heterocycles. The van der Waals surface area contributed by atoms with Crippen LogP contribution in [0, 0.1) is 5.92 Å². The molecule has 2 unspecified atom stereocenters. The van der Waals surface area contributed by atoms with Gasteiger partial charge in [-0.3, -0.25) is 9.69 Å². The van der Waals surface area contributed by atoms with Crippen molar-refractivity contribution in [1.29, 1.82) is 0 Å². The first-order chi connectivity index (χ1) is 9.56. The van der Waals surface area contributed by atoms with Crippen molar-refractivity contribution < 1.29 is 9.53 Å². The van der Waals surface area contributed by atoms with Gasteiger partial charge in [0.2, 0.25) is 5.91 Å². The summed E-state index contributed by atoms with van der Waals surface area (Å²) in [4.78, 5) is 13.6. The van der Waals surface area contributed by atoms with E-state index in [-0.39, 0.29) is 11.8 Å². The molecule has 1 amide bonds. The first kappa shape index (κ1) is 15.3. The second-order valence-electron chi connectivity index (χ2n) is 5.33. The quantitative estimate of drug-likeness (QED) is 0.895. The molecular weight excluding hydrogens is 320 g/mol. The van der Waals surface area contributed by atoms with Crippen LogP contribution >= 0.6 is 15.9 Å². The Hall–Kier alpha value is -1.07. The van der Waals surface area contributed by atoms with E-state index in [2.05, 4.69) is 27.8 Å². The lowest BCUT2D eigenvalue weighted by Crippen LogP contribution is -2.47. The number of carbonyl (C=O) groups excluding carboxylic acids is 1. The molecule has 0 bridgehead atoms. The fourth-order valence-electron chi connectivity index (χ4n) is 2.56. The zero-order valence-corrected chi connectivity index (χ0v) is 13.3. The van der Waals surface area contributed by atoms with Gasteiger partial charge in [0.15, 0.2) is 0 Å². The van der Waals surface area contributed by atoms with E-state index in [0.717, 1.165) is 36.2 Å². The molecule has 0 saturated carbocycles. The minimum atomic E-state index is -0.185. The number of nitrogens with zero attached hydrogens (tertiary/aromatic N) is 1. The topological polar surface area (TPSA) is 55.6 Å². The third kappa shape index (κ3) is 4.21. The maximum absolute atomic E-state index is 11.3. The zero-order valence-electron chi connectivity index (χ0n) is 11.7. The van der Waals surface area contributed by atoms with Gasteiger partial charge in [-0.2, -0.15) is 0 Å². The molecular formula is C15H21BrN2O2. The summed E-state index contributed by atoms with van der Waals surface area (Å²) in [7, 11) is 0. The summed E-state index contributed by atoms with van der Waals surface area (Å²) in [6.45, 7) is 4.37. The molecule has 0 aliphatic carbocycles. The van der Waals surface area contributed by atoms with Crippen molar-refractivity contribution in [1.82, 2.24) is 4.90 Å². The Balaban J connectivity index is 1.81. The molecule has 20 heavy (non-hydrogen) atoms. The van der Waals surface area contributed by atoms with Crippen LogP contribution in [-0.2, 0) is 4.79 Å². The first-order valence-electron chi connectivity index (χ1n) is 6.98. The Bertz CT molecular complexity index is 467. The van der Waals surface area contributed by atoms with Gasteiger partial charge in [0.05, 0.1) is 5.92 Å². The van der Waals surface area contributed by atoms with Crippen LogP contribution in [0.5, 0.6) is 5.75 Å². The van der Waals surface area contributed by atoms with Crippen LogP contribution in [0.25, 0.3) is 0 Å². The Morgan fingerprint density at radius 3 is 3.00 bits per heavy atom. The van der Waals surface area contributed by atoms with Crippen LogP contribution in [0.4, 0.5) is 0 Å². The predicted octanol–water partition coefficient (Wildman–Crippen LogP) is 2.41. The highest BCUT2D eigenvalue weighted by Crippen LogP contribution is 2.22. The van der Waals surface area contributed by atoms with Gasteiger partial charge in [-0.25, -0.2) is 0 Å². The number of rotatable bonds is 5. The molecule has 0 radical (unpaired) electrons. The van der Waals surface area contributed by atoms with E-state index in [0.29, 0.717) is 12.6 Å². The number of benzene rings is 1. The highest BCUT2D eigenvalue weighted by Gasteiger charge is 2.28. The number of likely N-dealkylation sites (tertiary alicyclic amines) is 1. The van der Waals surface area contributed by atoms with Crippen LogP contribution in [-0.4, -0.2) is 36.5 Å². The lowest BCUT2D eigenvalue weighted by Gasteiger charge is -2.36. The minimum Gasteiger partial charge on any atom is -0.492 e. The molecule has 1 aromatic rings. The summed E-state index contributed by atoms with van der Waals surface area (Å²) in [5, 5.41) is 0. The number of nitrogens with two attached hydrogens (primary N) is 1. The average molecular weight is 341 g/mol. The van der Waals surface area contributed by atoms with E-state index in [1.807, 2.05) is 24.3 Å². The monoisotopic (exact) mass is 340 g/mol. The predicted molar refractivity (Wildman–Crippen MR) is 82.6 cm³/mol. The molecule has 5 heteroatoms. The van der Waals surface area contributed by atoms with E-state index in [4.69, 9.17) is 10.5 Å². The smallest absolute Gasteiger partial charge is 0.221 e. The summed E-state index contributed by atoms with van der Waals surface area (Å²) < 4.78 is 6.76. The van der Waals surface area contributed by atoms with Crippen molar-refractivity contribution in [3.05, 3.63) is 28.7 Å². The van der Waals surface area contributed by atoms with Crippen LogP contribution < -0.4 is 10.5 Å². The third-order valence-corrected chi connectivity index (χ3v) is 4.35. The fourth-order valence-corrected chi connectivity index (χ4v) is 2.94. The fraction of sp³-hybridized carbons (Fsp3) is 0.533. The molecule has 2 atom stereocenters. The van der Waals surface area contributed by atoms with Crippen molar-refractivity contribution in [3.8, 4) is 5.75 Å². The standard InChI is InChI=1S/C15H21BrN2O2/c1-11-5-6-12(15(17)19)10-18(11)7-8-20-14-4-2-3-13(16)9-14/h2-4,9,11-12H,5-8,10H2,1H3,(H2,17,19). The van der Waals surface area contributed by atoms with Gasteiger partial charge in [-0.15, -0.1) is 0 Å². The SMILES string of the molecule is CC1CCC(C(N)=O)CN1CCOc1cccc(Br)c1. The van der Waals surface area contributed by atoms with Crippen molar-refractivity contribution in [2.45, 2.75) is 25.8 Å². The van der Waals surface area contributed by atoms with Gasteiger partial charge in [-0.05, 0) is 38.0 Å². The number of carbonyl (C=O) groups is 1. The van der Waals surface area contributed by atoms with E-state index in [1.165, 1.54) is 0 Å². The Kier molecular flexibility index (Phi) is 5.43. The van der Waals surface area contributed by atoms with Gasteiger partial charge in [0, 0.05) is 23.6 Å². The Morgan fingerprint density at radius 2 is 2.30 bits per heavy atom. The molecule has 1 aliphatic heterocycles. The molecule has 1 heterocycles. The number of primary amides is 1. The molecule has 2 N–H and O–H groups in total. The lowest BCUT2D eigenvalue weighted by atomic mass is 9.93. The molecule has 1 fully saturated rings. The number of hydrogen-bond acceptors (Lipinski definition) is 3. The maximum Gasteiger partial charge on any atom is 0.221 e. The Labute approximate surface area is 128 Å². The molecule has 2 rings (SSSR count). The van der Waals surface area contributed by atoms with Crippen LogP contribution in [0.3, 0.4) is 0 Å². The van der Waals surface area contributed by atoms with Crippen LogP contribution in [0.15, 0.2) is 28.7 Å². The van der Waals surface area contributed by atoms with E-state index in [9.17, 15) is 4.79 Å². The number of ether oxygens (including phenoxy) is 1. The summed E-state index contributed by atoms with van der Waals surface area (Å²) in [6.07, 6.45) is 1.92. The average Bonchev–Trinajstić information content (AvgIpc) is 2.40. The molecule has 1 aromatic carbocycles. The summed E-state index contributed by atoms with van der Waals surface area (Å²) >= 11 is 3.42. The molecule has 4 nitrogen and oxygen atoms in total. The van der Waals surface area contributed by atoms with Gasteiger partial charge in [-0.1, -0.05) is 22.0 Å². The second kappa shape index (κ2) is 7.09. The minimum absolute atomic E-state index is 0.0166. The highest BCUT2D eigenvalue weighted by molar-refractivity contribution is 9.10. The van der Waals surface area contributed by atoms with Gasteiger partial charge in [0.1, 0.15) is 12.4 Å². The van der Waals surface area contributed by atoms with E-state index < -0.39 is 0 Å². The number of halogens is 1. The maximum atomic E-state index is 11.3. The number of piperidine rings is 1. The summed E-state index contributed by atoms with van der Waals surface area (Å²) in [6, 6.07) is 8.29.